The second-order valence-electron chi connectivity index (χ2n) is 5.22. The number of carbonyl (C=O) groups excluding carboxylic acids is 1. The maximum atomic E-state index is 11.5. The lowest BCUT2D eigenvalue weighted by atomic mass is 10.0. The molecule has 0 spiro atoms. The molecule has 1 aliphatic heterocycles. The van der Waals surface area contributed by atoms with Crippen molar-refractivity contribution >= 4 is 5.97 Å². The molecule has 0 aliphatic carbocycles. The van der Waals surface area contributed by atoms with Crippen LogP contribution >= 0.6 is 0 Å². The first-order chi connectivity index (χ1) is 7.45. The van der Waals surface area contributed by atoms with Crippen molar-refractivity contribution in [2.75, 3.05) is 26.7 Å². The Morgan fingerprint density at radius 2 is 2.19 bits per heavy atom. The van der Waals surface area contributed by atoms with Gasteiger partial charge in [0.2, 0.25) is 0 Å². The van der Waals surface area contributed by atoms with Crippen molar-refractivity contribution in [2.24, 2.45) is 11.7 Å². The van der Waals surface area contributed by atoms with E-state index in [1.54, 1.807) is 6.92 Å². The van der Waals surface area contributed by atoms with Gasteiger partial charge in [0.25, 0.3) is 0 Å². The van der Waals surface area contributed by atoms with Crippen molar-refractivity contribution in [2.45, 2.75) is 38.6 Å². The molecule has 2 N–H and O–H groups in total. The van der Waals surface area contributed by atoms with E-state index < -0.39 is 5.54 Å². The van der Waals surface area contributed by atoms with Crippen LogP contribution in [-0.2, 0) is 9.53 Å². The zero-order valence-electron chi connectivity index (χ0n) is 10.7. The van der Waals surface area contributed by atoms with Crippen molar-refractivity contribution in [3.05, 3.63) is 0 Å². The van der Waals surface area contributed by atoms with Crippen molar-refractivity contribution in [3.63, 3.8) is 0 Å². The number of nitrogens with two attached hydrogens (primary N) is 1. The maximum Gasteiger partial charge on any atom is 0.326 e. The molecular weight excluding hydrogens is 204 g/mol. The summed E-state index contributed by atoms with van der Waals surface area (Å²) in [4.78, 5) is 13.8. The predicted molar refractivity (Wildman–Crippen MR) is 64.1 cm³/mol. The predicted octanol–water partition coefficient (Wildman–Crippen LogP) is 0.999. The fourth-order valence-corrected chi connectivity index (χ4v) is 2.24. The van der Waals surface area contributed by atoms with E-state index in [1.807, 2.05) is 0 Å². The third-order valence-electron chi connectivity index (χ3n) is 3.31. The summed E-state index contributed by atoms with van der Waals surface area (Å²) in [5, 5.41) is 0. The molecule has 2 atom stereocenters. The standard InChI is InChI=1S/C12H24N2O2/c1-10-5-4-7-14(8-6-10)9-12(2,13)11(15)16-3/h10H,4-9,13H2,1-3H3. The van der Waals surface area contributed by atoms with Gasteiger partial charge in [-0.3, -0.25) is 4.79 Å². The minimum Gasteiger partial charge on any atom is -0.468 e. The van der Waals surface area contributed by atoms with Gasteiger partial charge in [-0.05, 0) is 45.2 Å². The smallest absolute Gasteiger partial charge is 0.326 e. The molecule has 1 fully saturated rings. The number of hydrogen-bond acceptors (Lipinski definition) is 4. The van der Waals surface area contributed by atoms with Crippen LogP contribution in [0.3, 0.4) is 0 Å². The van der Waals surface area contributed by atoms with E-state index in [-0.39, 0.29) is 5.97 Å². The number of ether oxygens (including phenoxy) is 1. The first-order valence-electron chi connectivity index (χ1n) is 6.05. The molecule has 0 aromatic carbocycles. The molecule has 0 aromatic heterocycles. The van der Waals surface area contributed by atoms with E-state index in [9.17, 15) is 4.79 Å². The first-order valence-corrected chi connectivity index (χ1v) is 6.05. The number of carbonyl (C=O) groups is 1. The average molecular weight is 228 g/mol. The van der Waals surface area contributed by atoms with Gasteiger partial charge < -0.3 is 15.4 Å². The van der Waals surface area contributed by atoms with Crippen LogP contribution in [0, 0.1) is 5.92 Å². The third kappa shape index (κ3) is 3.76. The molecule has 0 amide bonds. The quantitative estimate of drug-likeness (QED) is 0.732. The summed E-state index contributed by atoms with van der Waals surface area (Å²) in [7, 11) is 1.39. The molecule has 1 saturated heterocycles. The molecule has 0 bridgehead atoms. The van der Waals surface area contributed by atoms with Gasteiger partial charge in [0.1, 0.15) is 5.54 Å². The number of methoxy groups -OCH3 is 1. The minimum atomic E-state index is -0.887. The van der Waals surface area contributed by atoms with Crippen LogP contribution in [0.1, 0.15) is 33.1 Å². The molecule has 1 aliphatic rings. The van der Waals surface area contributed by atoms with Gasteiger partial charge in [0.05, 0.1) is 7.11 Å². The molecule has 1 heterocycles. The van der Waals surface area contributed by atoms with Crippen LogP contribution in [-0.4, -0.2) is 43.2 Å². The number of nitrogens with zero attached hydrogens (tertiary/aromatic N) is 1. The van der Waals surface area contributed by atoms with Gasteiger partial charge in [-0.2, -0.15) is 0 Å². The zero-order chi connectivity index (χ0) is 12.2. The van der Waals surface area contributed by atoms with Gasteiger partial charge in [-0.25, -0.2) is 0 Å². The van der Waals surface area contributed by atoms with Gasteiger partial charge in [-0.1, -0.05) is 6.92 Å². The highest BCUT2D eigenvalue weighted by molar-refractivity contribution is 5.80. The summed E-state index contributed by atoms with van der Waals surface area (Å²) < 4.78 is 4.72. The highest BCUT2D eigenvalue weighted by atomic mass is 16.5. The number of rotatable bonds is 3. The fraction of sp³-hybridized carbons (Fsp3) is 0.917. The Hall–Kier alpha value is -0.610. The normalized spacial score (nSPS) is 26.9. The summed E-state index contributed by atoms with van der Waals surface area (Å²) >= 11 is 0. The molecule has 1 rings (SSSR count). The van der Waals surface area contributed by atoms with Crippen LogP contribution in [0.5, 0.6) is 0 Å². The van der Waals surface area contributed by atoms with Gasteiger partial charge in [-0.15, -0.1) is 0 Å². The maximum absolute atomic E-state index is 11.5. The van der Waals surface area contributed by atoms with Crippen LogP contribution in [0.15, 0.2) is 0 Å². The zero-order valence-corrected chi connectivity index (χ0v) is 10.7. The Morgan fingerprint density at radius 3 is 2.81 bits per heavy atom. The SMILES string of the molecule is COC(=O)C(C)(N)CN1CCCC(C)CC1. The Kier molecular flexibility index (Phi) is 4.74. The van der Waals surface area contributed by atoms with E-state index >= 15 is 0 Å². The Balaban J connectivity index is 2.49. The number of esters is 1. The number of hydrogen-bond donors (Lipinski definition) is 1. The van der Waals surface area contributed by atoms with Crippen molar-refractivity contribution < 1.29 is 9.53 Å². The molecule has 0 saturated carbocycles. The van der Waals surface area contributed by atoms with E-state index in [1.165, 1.54) is 26.4 Å². The van der Waals surface area contributed by atoms with E-state index in [0.717, 1.165) is 19.0 Å². The largest absolute Gasteiger partial charge is 0.468 e. The summed E-state index contributed by atoms with van der Waals surface area (Å²) in [5.41, 5.74) is 5.08. The van der Waals surface area contributed by atoms with Gasteiger partial charge in [0, 0.05) is 6.54 Å². The molecule has 16 heavy (non-hydrogen) atoms. The summed E-state index contributed by atoms with van der Waals surface area (Å²) in [6.45, 7) is 6.68. The Bertz CT molecular complexity index is 241. The number of likely N-dealkylation sites (tertiary alicyclic amines) is 1. The molecule has 0 aromatic rings. The van der Waals surface area contributed by atoms with E-state index in [4.69, 9.17) is 10.5 Å². The summed E-state index contributed by atoms with van der Waals surface area (Å²) in [6.07, 6.45) is 3.66. The Labute approximate surface area is 98.1 Å². The highest BCUT2D eigenvalue weighted by Gasteiger charge is 2.32. The lowest BCUT2D eigenvalue weighted by Gasteiger charge is -2.29. The molecule has 2 unspecified atom stereocenters. The van der Waals surface area contributed by atoms with Crippen molar-refractivity contribution in [3.8, 4) is 0 Å². The van der Waals surface area contributed by atoms with E-state index in [2.05, 4.69) is 11.8 Å². The molecule has 4 heteroatoms. The van der Waals surface area contributed by atoms with Crippen molar-refractivity contribution in [1.29, 1.82) is 0 Å². The monoisotopic (exact) mass is 228 g/mol. The molecule has 0 radical (unpaired) electrons. The Morgan fingerprint density at radius 1 is 1.50 bits per heavy atom. The first kappa shape index (κ1) is 13.5. The lowest BCUT2D eigenvalue weighted by molar-refractivity contribution is -0.147. The third-order valence-corrected chi connectivity index (χ3v) is 3.31. The van der Waals surface area contributed by atoms with Gasteiger partial charge >= 0.3 is 5.97 Å². The molecule has 4 nitrogen and oxygen atoms in total. The second kappa shape index (κ2) is 5.64. The van der Waals surface area contributed by atoms with Crippen LogP contribution in [0.25, 0.3) is 0 Å². The van der Waals surface area contributed by atoms with Crippen molar-refractivity contribution in [1.82, 2.24) is 4.90 Å². The molecular formula is C12H24N2O2. The van der Waals surface area contributed by atoms with E-state index in [0.29, 0.717) is 6.54 Å². The second-order valence-corrected chi connectivity index (χ2v) is 5.22. The van der Waals surface area contributed by atoms with Crippen LogP contribution < -0.4 is 5.73 Å². The minimum absolute atomic E-state index is 0.329. The summed E-state index contributed by atoms with van der Waals surface area (Å²) in [5.74, 6) is 0.456. The average Bonchev–Trinajstić information content (AvgIpc) is 2.42. The van der Waals surface area contributed by atoms with Gasteiger partial charge in [0.15, 0.2) is 0 Å². The summed E-state index contributed by atoms with van der Waals surface area (Å²) in [6, 6.07) is 0. The highest BCUT2D eigenvalue weighted by Crippen LogP contribution is 2.18. The van der Waals surface area contributed by atoms with Crippen LogP contribution in [0.2, 0.25) is 0 Å². The topological polar surface area (TPSA) is 55.6 Å². The fourth-order valence-electron chi connectivity index (χ4n) is 2.24. The lowest BCUT2D eigenvalue weighted by Crippen LogP contribution is -2.54. The molecule has 94 valence electrons. The van der Waals surface area contributed by atoms with Crippen LogP contribution in [0.4, 0.5) is 0 Å².